The molecule has 0 heterocycles. The molecule has 0 radical (unpaired) electrons. The second-order valence-electron chi connectivity index (χ2n) is 4.59. The lowest BCUT2D eigenvalue weighted by Crippen LogP contribution is -2.28. The molecule has 0 saturated heterocycles. The molecule has 2 amide bonds. The van der Waals surface area contributed by atoms with Gasteiger partial charge in [-0.2, -0.15) is 13.2 Å². The summed E-state index contributed by atoms with van der Waals surface area (Å²) in [6.45, 7) is 0.0449. The summed E-state index contributed by atoms with van der Waals surface area (Å²) in [5.74, 6) is 0. The zero-order chi connectivity index (χ0) is 17.0. The van der Waals surface area contributed by atoms with Crippen molar-refractivity contribution in [2.24, 2.45) is 0 Å². The lowest BCUT2D eigenvalue weighted by atomic mass is 10.2. The number of carbonyl (C=O) groups excluding carboxylic acids is 1. The Hall–Kier alpha value is -1.92. The highest BCUT2D eigenvalue weighted by Crippen LogP contribution is 2.30. The highest BCUT2D eigenvalue weighted by Gasteiger charge is 2.30. The molecule has 0 bridgehead atoms. The second kappa shape index (κ2) is 7.10. The minimum absolute atomic E-state index is 0.0302. The van der Waals surface area contributed by atoms with Crippen LogP contribution in [0.15, 0.2) is 42.5 Å². The Kier molecular flexibility index (Phi) is 5.38. The summed E-state index contributed by atoms with van der Waals surface area (Å²) >= 11 is 11.9. The van der Waals surface area contributed by atoms with E-state index in [1.807, 2.05) is 0 Å². The van der Waals surface area contributed by atoms with Crippen LogP contribution >= 0.6 is 23.2 Å². The summed E-state index contributed by atoms with van der Waals surface area (Å²) in [5.41, 5.74) is -0.290. The van der Waals surface area contributed by atoms with Crippen molar-refractivity contribution in [3.63, 3.8) is 0 Å². The summed E-state index contributed by atoms with van der Waals surface area (Å²) in [6, 6.07) is 8.58. The first-order chi connectivity index (χ1) is 10.8. The Morgan fingerprint density at radius 1 is 1.04 bits per heavy atom. The first-order valence-electron chi connectivity index (χ1n) is 6.42. The molecule has 0 atom stereocenters. The Balaban J connectivity index is 2.00. The molecule has 0 aliphatic heterocycles. The van der Waals surface area contributed by atoms with Gasteiger partial charge in [-0.05, 0) is 30.3 Å². The van der Waals surface area contributed by atoms with E-state index in [1.165, 1.54) is 12.1 Å². The van der Waals surface area contributed by atoms with E-state index in [2.05, 4.69) is 10.6 Å². The first-order valence-corrected chi connectivity index (χ1v) is 7.18. The number of alkyl halides is 3. The fraction of sp³-hybridized carbons (Fsp3) is 0.133. The number of carbonyl (C=O) groups is 1. The van der Waals surface area contributed by atoms with Crippen molar-refractivity contribution >= 4 is 34.9 Å². The highest BCUT2D eigenvalue weighted by molar-refractivity contribution is 6.36. The minimum atomic E-state index is -4.47. The Morgan fingerprint density at radius 2 is 1.65 bits per heavy atom. The van der Waals surface area contributed by atoms with Gasteiger partial charge in [-0.25, -0.2) is 4.79 Å². The third-order valence-electron chi connectivity index (χ3n) is 2.94. The van der Waals surface area contributed by atoms with Crippen LogP contribution in [0, 0.1) is 0 Å². The van der Waals surface area contributed by atoms with Gasteiger partial charge in [-0.1, -0.05) is 35.3 Å². The predicted octanol–water partition coefficient (Wildman–Crippen LogP) is 5.33. The monoisotopic (exact) mass is 362 g/mol. The summed E-state index contributed by atoms with van der Waals surface area (Å²) in [4.78, 5) is 11.8. The maximum Gasteiger partial charge on any atom is 0.416 e. The minimum Gasteiger partial charge on any atom is -0.334 e. The van der Waals surface area contributed by atoms with Gasteiger partial charge in [-0.3, -0.25) is 0 Å². The number of rotatable bonds is 3. The molecule has 0 spiro atoms. The van der Waals surface area contributed by atoms with Crippen molar-refractivity contribution in [1.82, 2.24) is 5.32 Å². The molecule has 0 aliphatic rings. The van der Waals surface area contributed by atoms with Crippen LogP contribution in [0.4, 0.5) is 23.7 Å². The molecular weight excluding hydrogens is 352 g/mol. The van der Waals surface area contributed by atoms with E-state index in [9.17, 15) is 18.0 Å². The fourth-order valence-corrected chi connectivity index (χ4v) is 2.35. The number of hydrogen-bond donors (Lipinski definition) is 2. The van der Waals surface area contributed by atoms with Gasteiger partial charge in [0.05, 0.1) is 5.56 Å². The van der Waals surface area contributed by atoms with Crippen LogP contribution in [0.5, 0.6) is 0 Å². The molecule has 23 heavy (non-hydrogen) atoms. The van der Waals surface area contributed by atoms with E-state index in [0.717, 1.165) is 12.1 Å². The van der Waals surface area contributed by atoms with Crippen LogP contribution in [0.1, 0.15) is 11.1 Å². The van der Waals surface area contributed by atoms with Crippen molar-refractivity contribution in [2.75, 3.05) is 5.32 Å². The van der Waals surface area contributed by atoms with Crippen molar-refractivity contribution in [1.29, 1.82) is 0 Å². The molecule has 8 heteroatoms. The summed E-state index contributed by atoms with van der Waals surface area (Å²) in [7, 11) is 0. The fourth-order valence-electron chi connectivity index (χ4n) is 1.82. The van der Waals surface area contributed by atoms with Crippen molar-refractivity contribution < 1.29 is 18.0 Å². The van der Waals surface area contributed by atoms with Crippen LogP contribution in [0.25, 0.3) is 0 Å². The second-order valence-corrected chi connectivity index (χ2v) is 5.40. The number of hydrogen-bond acceptors (Lipinski definition) is 1. The predicted molar refractivity (Wildman–Crippen MR) is 83.8 cm³/mol. The molecule has 2 N–H and O–H groups in total. The van der Waals surface area contributed by atoms with Crippen LogP contribution in [-0.4, -0.2) is 6.03 Å². The largest absolute Gasteiger partial charge is 0.416 e. The molecule has 3 nitrogen and oxygen atoms in total. The smallest absolute Gasteiger partial charge is 0.334 e. The van der Waals surface area contributed by atoms with E-state index in [0.29, 0.717) is 15.6 Å². The van der Waals surface area contributed by atoms with E-state index in [1.54, 1.807) is 18.2 Å². The topological polar surface area (TPSA) is 41.1 Å². The Bertz CT molecular complexity index is 700. The summed E-state index contributed by atoms with van der Waals surface area (Å²) in [6.07, 6.45) is -4.47. The standard InChI is InChI=1S/C15H11Cl2F3N2O/c16-12-5-2-6-13(17)11(12)8-21-14(23)22-10-4-1-3-9(7-10)15(18,19)20/h1-7H,8H2,(H2,21,22,23). The zero-order valence-corrected chi connectivity index (χ0v) is 13.1. The number of halogens is 5. The van der Waals surface area contributed by atoms with Crippen molar-refractivity contribution in [3.05, 3.63) is 63.6 Å². The first kappa shape index (κ1) is 17.4. The molecule has 2 rings (SSSR count). The van der Waals surface area contributed by atoms with Gasteiger partial charge in [0.15, 0.2) is 0 Å². The maximum atomic E-state index is 12.6. The van der Waals surface area contributed by atoms with Gasteiger partial charge >= 0.3 is 12.2 Å². The van der Waals surface area contributed by atoms with Crippen molar-refractivity contribution in [2.45, 2.75) is 12.7 Å². The molecule has 122 valence electrons. The lowest BCUT2D eigenvalue weighted by Gasteiger charge is -2.12. The molecule has 2 aromatic rings. The van der Waals surface area contributed by atoms with Gasteiger partial charge in [0.2, 0.25) is 0 Å². The molecule has 0 fully saturated rings. The third-order valence-corrected chi connectivity index (χ3v) is 3.64. The van der Waals surface area contributed by atoms with Crippen LogP contribution in [-0.2, 0) is 12.7 Å². The zero-order valence-electron chi connectivity index (χ0n) is 11.5. The molecule has 0 unspecified atom stereocenters. The molecule has 0 saturated carbocycles. The Labute approximate surface area is 140 Å². The Morgan fingerprint density at radius 3 is 2.26 bits per heavy atom. The van der Waals surface area contributed by atoms with Crippen LogP contribution < -0.4 is 10.6 Å². The van der Waals surface area contributed by atoms with Crippen LogP contribution in [0.2, 0.25) is 10.0 Å². The summed E-state index contributed by atoms with van der Waals surface area (Å²) < 4.78 is 37.8. The van der Waals surface area contributed by atoms with E-state index in [-0.39, 0.29) is 12.2 Å². The lowest BCUT2D eigenvalue weighted by molar-refractivity contribution is -0.137. The highest BCUT2D eigenvalue weighted by atomic mass is 35.5. The number of anilines is 1. The molecular formula is C15H11Cl2F3N2O. The van der Waals surface area contributed by atoms with Gasteiger partial charge in [0.25, 0.3) is 0 Å². The van der Waals surface area contributed by atoms with Crippen molar-refractivity contribution in [3.8, 4) is 0 Å². The number of amides is 2. The average molecular weight is 363 g/mol. The van der Waals surface area contributed by atoms with Gasteiger partial charge < -0.3 is 10.6 Å². The van der Waals surface area contributed by atoms with Gasteiger partial charge in [0.1, 0.15) is 0 Å². The quantitative estimate of drug-likeness (QED) is 0.760. The van der Waals surface area contributed by atoms with Gasteiger partial charge in [0, 0.05) is 27.8 Å². The molecule has 0 aliphatic carbocycles. The molecule has 0 aromatic heterocycles. The van der Waals surface area contributed by atoms with Gasteiger partial charge in [-0.15, -0.1) is 0 Å². The normalized spacial score (nSPS) is 11.2. The summed E-state index contributed by atoms with van der Waals surface area (Å²) in [5, 5.41) is 5.59. The van der Waals surface area contributed by atoms with Crippen LogP contribution in [0.3, 0.4) is 0 Å². The van der Waals surface area contributed by atoms with E-state index < -0.39 is 17.8 Å². The maximum absolute atomic E-state index is 12.6. The molecule has 2 aromatic carbocycles. The number of urea groups is 1. The number of nitrogens with one attached hydrogen (secondary N) is 2. The SMILES string of the molecule is O=C(NCc1c(Cl)cccc1Cl)Nc1cccc(C(F)(F)F)c1. The van der Waals surface area contributed by atoms with E-state index >= 15 is 0 Å². The number of benzene rings is 2. The third kappa shape index (κ3) is 4.77. The van der Waals surface area contributed by atoms with E-state index in [4.69, 9.17) is 23.2 Å². The average Bonchev–Trinajstić information content (AvgIpc) is 2.46.